The second kappa shape index (κ2) is 13.1. The molecule has 1 amide bonds. The fraction of sp³-hybridized carbons (Fsp3) is 0.590. The van der Waals surface area contributed by atoms with E-state index in [0.717, 1.165) is 75.5 Å². The Balaban J connectivity index is 1.37. The summed E-state index contributed by atoms with van der Waals surface area (Å²) in [5.41, 5.74) is 6.26. The molecule has 9 nitrogen and oxygen atoms in total. The van der Waals surface area contributed by atoms with Gasteiger partial charge in [-0.25, -0.2) is 4.72 Å². The number of carbonyl (C=O) groups is 2. The Hall–Kier alpha value is -3.37. The summed E-state index contributed by atoms with van der Waals surface area (Å²) < 4.78 is 43.5. The van der Waals surface area contributed by atoms with Crippen LogP contribution in [0.25, 0.3) is 10.9 Å². The van der Waals surface area contributed by atoms with Gasteiger partial charge in [0, 0.05) is 37.6 Å². The van der Waals surface area contributed by atoms with Gasteiger partial charge in [0.1, 0.15) is 11.9 Å². The number of esters is 1. The molecule has 7 rings (SSSR count). The van der Waals surface area contributed by atoms with Gasteiger partial charge in [0.2, 0.25) is 0 Å². The number of aromatic nitrogens is 1. The second-order valence-corrected chi connectivity index (χ2v) is 17.4. The number of hydrogen-bond donors (Lipinski definition) is 1. The molecule has 0 saturated heterocycles. The van der Waals surface area contributed by atoms with Gasteiger partial charge in [-0.2, -0.15) is 12.7 Å². The monoisotopic (exact) mass is 689 g/mol. The number of nitrogens with one attached hydrogen (secondary N) is 1. The highest BCUT2D eigenvalue weighted by atomic mass is 32.2. The summed E-state index contributed by atoms with van der Waals surface area (Å²) in [4.78, 5) is 28.1. The van der Waals surface area contributed by atoms with Gasteiger partial charge in [0.05, 0.1) is 24.1 Å². The molecule has 10 heteroatoms. The van der Waals surface area contributed by atoms with Crippen LogP contribution in [-0.2, 0) is 31.1 Å². The minimum atomic E-state index is -3.99. The number of ether oxygens (including phenoxy) is 2. The lowest BCUT2D eigenvalue weighted by Gasteiger charge is -2.38. The van der Waals surface area contributed by atoms with Crippen LogP contribution < -0.4 is 9.46 Å². The average molecular weight is 690 g/mol. The molecular formula is C39H51N3O6S. The first-order valence-corrected chi connectivity index (χ1v) is 19.6. The van der Waals surface area contributed by atoms with Crippen LogP contribution in [0.15, 0.2) is 52.6 Å². The first-order chi connectivity index (χ1) is 23.4. The van der Waals surface area contributed by atoms with Crippen molar-refractivity contribution in [2.75, 3.05) is 21.2 Å². The maximum atomic E-state index is 14.5. The van der Waals surface area contributed by atoms with E-state index in [-0.39, 0.29) is 18.0 Å². The highest BCUT2D eigenvalue weighted by Crippen LogP contribution is 2.55. The van der Waals surface area contributed by atoms with Crippen molar-refractivity contribution in [1.29, 1.82) is 0 Å². The van der Waals surface area contributed by atoms with E-state index in [9.17, 15) is 18.0 Å². The van der Waals surface area contributed by atoms with Crippen molar-refractivity contribution < 1.29 is 27.5 Å². The Labute approximate surface area is 291 Å². The third-order valence-electron chi connectivity index (χ3n) is 11.9. The van der Waals surface area contributed by atoms with Gasteiger partial charge in [0.15, 0.2) is 0 Å². The minimum absolute atomic E-state index is 0.125. The lowest BCUT2D eigenvalue weighted by molar-refractivity contribution is -0.161. The number of carbonyl (C=O) groups excluding carboxylic acids is 2. The number of hydrogen-bond acceptors (Lipinski definition) is 6. The lowest BCUT2D eigenvalue weighted by Crippen LogP contribution is -2.39. The molecule has 49 heavy (non-hydrogen) atoms. The van der Waals surface area contributed by atoms with Crippen molar-refractivity contribution in [3.63, 3.8) is 0 Å². The second-order valence-electron chi connectivity index (χ2n) is 15.5. The van der Waals surface area contributed by atoms with Gasteiger partial charge < -0.3 is 14.0 Å². The molecule has 2 fully saturated rings. The van der Waals surface area contributed by atoms with Crippen molar-refractivity contribution >= 4 is 33.0 Å². The highest BCUT2D eigenvalue weighted by molar-refractivity contribution is 7.87. The number of nitrogens with zero attached hydrogens (tertiary/aromatic N) is 2. The van der Waals surface area contributed by atoms with Gasteiger partial charge in [-0.05, 0) is 90.2 Å². The number of methoxy groups -OCH3 is 1. The van der Waals surface area contributed by atoms with Crippen LogP contribution in [0.2, 0.25) is 0 Å². The Kier molecular flexibility index (Phi) is 9.09. The molecule has 1 N–H and O–H groups in total. The van der Waals surface area contributed by atoms with E-state index in [1.807, 2.05) is 12.2 Å². The van der Waals surface area contributed by atoms with Crippen LogP contribution in [0.4, 0.5) is 0 Å². The van der Waals surface area contributed by atoms with E-state index in [4.69, 9.17) is 9.47 Å². The Bertz CT molecular complexity index is 1880. The van der Waals surface area contributed by atoms with Crippen molar-refractivity contribution in [3.8, 4) is 5.75 Å². The highest BCUT2D eigenvalue weighted by Gasteiger charge is 2.48. The Morgan fingerprint density at radius 1 is 1.06 bits per heavy atom. The van der Waals surface area contributed by atoms with Crippen molar-refractivity contribution in [2.45, 2.75) is 103 Å². The van der Waals surface area contributed by atoms with Crippen molar-refractivity contribution in [1.82, 2.24) is 13.6 Å². The topological polar surface area (TPSA) is 107 Å². The van der Waals surface area contributed by atoms with Gasteiger partial charge >= 0.3 is 16.2 Å². The van der Waals surface area contributed by atoms with E-state index in [0.29, 0.717) is 42.2 Å². The predicted molar refractivity (Wildman–Crippen MR) is 190 cm³/mol. The molecule has 5 atom stereocenters. The van der Waals surface area contributed by atoms with E-state index in [1.165, 1.54) is 38.9 Å². The summed E-state index contributed by atoms with van der Waals surface area (Å²) in [5, 5.41) is 1.01. The smallest absolute Gasteiger partial charge is 0.310 e. The van der Waals surface area contributed by atoms with E-state index < -0.39 is 22.0 Å². The molecule has 0 bridgehead atoms. The summed E-state index contributed by atoms with van der Waals surface area (Å²) in [6.07, 6.45) is 13.4. The van der Waals surface area contributed by atoms with E-state index in [1.54, 1.807) is 7.11 Å². The lowest BCUT2D eigenvalue weighted by atomic mass is 9.74. The molecule has 1 aromatic heterocycles. The number of amides is 1. The van der Waals surface area contributed by atoms with Crippen LogP contribution in [-0.4, -0.2) is 56.5 Å². The number of rotatable bonds is 8. The molecule has 5 aliphatic rings. The largest absolute Gasteiger partial charge is 0.496 e. The van der Waals surface area contributed by atoms with E-state index >= 15 is 0 Å². The van der Waals surface area contributed by atoms with Crippen molar-refractivity contribution in [2.24, 2.45) is 23.7 Å². The van der Waals surface area contributed by atoms with Gasteiger partial charge in [-0.3, -0.25) is 9.59 Å². The normalized spacial score (nSPS) is 27.1. The summed E-state index contributed by atoms with van der Waals surface area (Å²) in [7, 11) is 0.488. The van der Waals surface area contributed by atoms with Crippen LogP contribution in [0.5, 0.6) is 5.75 Å². The number of fused-ring (bicyclic) bond motifs is 6. The summed E-state index contributed by atoms with van der Waals surface area (Å²) >= 11 is 0. The van der Waals surface area contributed by atoms with Crippen LogP contribution >= 0.6 is 0 Å². The molecule has 1 aromatic carbocycles. The first kappa shape index (κ1) is 34.1. The predicted octanol–water partition coefficient (Wildman–Crippen LogP) is 6.90. The first-order valence-electron chi connectivity index (χ1n) is 18.2. The fourth-order valence-electron chi connectivity index (χ4n) is 9.24. The van der Waals surface area contributed by atoms with Crippen LogP contribution in [0, 0.1) is 23.7 Å². The molecule has 1 unspecified atom stereocenters. The van der Waals surface area contributed by atoms with Gasteiger partial charge in [0.25, 0.3) is 5.91 Å². The molecule has 2 aromatic rings. The zero-order valence-corrected chi connectivity index (χ0v) is 30.6. The molecule has 1 aliphatic heterocycles. The quantitative estimate of drug-likeness (QED) is 0.302. The Morgan fingerprint density at radius 3 is 2.51 bits per heavy atom. The van der Waals surface area contributed by atoms with E-state index in [2.05, 4.69) is 48.3 Å². The fourth-order valence-corrected chi connectivity index (χ4v) is 9.76. The van der Waals surface area contributed by atoms with Gasteiger partial charge in [-0.15, -0.1) is 0 Å². The maximum Gasteiger partial charge on any atom is 0.310 e. The molecule has 2 saturated carbocycles. The third kappa shape index (κ3) is 6.07. The number of allylic oxidation sites excluding steroid dienone is 4. The molecule has 264 valence electrons. The third-order valence-corrected chi connectivity index (χ3v) is 13.4. The zero-order chi connectivity index (χ0) is 34.8. The summed E-state index contributed by atoms with van der Waals surface area (Å²) in [5.74, 6) is 0.745. The summed E-state index contributed by atoms with van der Waals surface area (Å²) in [6.45, 7) is 7.10. The zero-order valence-electron chi connectivity index (χ0n) is 29.8. The van der Waals surface area contributed by atoms with Crippen LogP contribution in [0.1, 0.15) is 102 Å². The SMILES string of the molecule is COc1ccc(C2CCCCC2)c2c1cc1n2CC2=C(C(=O)NS(=O)(=O)N(C)C)C2=C2C=CC[C@@H](C(=O)O[C@@H]3C[C@H](C)CC[C@H]3C(C)C)C21. The molecular weight excluding hydrogens is 639 g/mol. The molecule has 2 heterocycles. The minimum Gasteiger partial charge on any atom is -0.496 e. The standard InChI is InChI=1S/C39H51N3O6S/c1-22(2)25-16-15-23(3)19-33(25)48-39(44)28-14-10-13-27-34(28)31-20-29-32(47-6)18-17-26(24-11-8-7-9-12-24)37(29)42(31)21-30-35(27)36(30)38(43)40-49(45,46)41(4)5/h10,13,17-18,20,22-25,28,33-34H,7-9,11-12,14-16,19,21H2,1-6H3,(H,40,43)/t23-,25+,28-,33-,34?/m1/s1. The number of benzene rings is 1. The molecule has 0 radical (unpaired) electrons. The Morgan fingerprint density at radius 2 is 1.82 bits per heavy atom. The molecule has 4 aliphatic carbocycles. The van der Waals surface area contributed by atoms with Crippen molar-refractivity contribution in [3.05, 3.63) is 63.9 Å². The van der Waals surface area contributed by atoms with Gasteiger partial charge in [-0.1, -0.05) is 64.7 Å². The van der Waals surface area contributed by atoms with Crippen LogP contribution in [0.3, 0.4) is 0 Å². The molecule has 0 spiro atoms. The average Bonchev–Trinajstić information content (AvgIpc) is 3.70. The maximum absolute atomic E-state index is 14.5. The summed E-state index contributed by atoms with van der Waals surface area (Å²) in [6, 6.07) is 6.47.